The first-order valence-corrected chi connectivity index (χ1v) is 12.2. The van der Waals surface area contributed by atoms with Crippen LogP contribution in [0.2, 0.25) is 0 Å². The van der Waals surface area contributed by atoms with Crippen molar-refractivity contribution in [2.24, 2.45) is 0 Å². The van der Waals surface area contributed by atoms with Gasteiger partial charge in [-0.25, -0.2) is 9.97 Å². The van der Waals surface area contributed by atoms with Gasteiger partial charge in [0, 0.05) is 29.7 Å². The van der Waals surface area contributed by atoms with Crippen molar-refractivity contribution in [2.75, 3.05) is 0 Å². The number of aryl methyl sites for hydroxylation is 2. The van der Waals surface area contributed by atoms with Crippen LogP contribution in [0.5, 0.6) is 0 Å². The molecule has 3 nitrogen and oxygen atoms in total. The lowest BCUT2D eigenvalue weighted by atomic mass is 10.0. The third-order valence-electron chi connectivity index (χ3n) is 5.86. The van der Waals surface area contributed by atoms with Crippen molar-refractivity contribution in [1.29, 1.82) is 0 Å². The normalized spacial score (nSPS) is 11.0. The van der Waals surface area contributed by atoms with Gasteiger partial charge in [0.25, 0.3) is 0 Å². The number of aromatic nitrogens is 3. The molecule has 0 N–H and O–H groups in total. The monoisotopic (exact) mass is 415 g/mol. The molecule has 31 heavy (non-hydrogen) atoms. The molecule has 0 saturated carbocycles. The van der Waals surface area contributed by atoms with Crippen LogP contribution in [0, 0.1) is 0 Å². The average Bonchev–Trinajstić information content (AvgIpc) is 2.82. The summed E-state index contributed by atoms with van der Waals surface area (Å²) in [6.07, 6.45) is 19.8. The molecule has 0 fully saturated rings. The highest BCUT2D eigenvalue weighted by molar-refractivity contribution is 5.63. The number of hydrogen-bond acceptors (Lipinski definition) is 3. The number of pyridine rings is 1. The van der Waals surface area contributed by atoms with Crippen LogP contribution >= 0.6 is 0 Å². The highest BCUT2D eigenvalue weighted by atomic mass is 14.9. The Bertz CT molecular complexity index is 868. The van der Waals surface area contributed by atoms with Crippen molar-refractivity contribution >= 4 is 0 Å². The van der Waals surface area contributed by atoms with E-state index < -0.39 is 0 Å². The molecule has 3 rings (SSSR count). The van der Waals surface area contributed by atoms with Gasteiger partial charge in [-0.1, -0.05) is 83.1 Å². The minimum Gasteiger partial charge on any atom is -0.255 e. The van der Waals surface area contributed by atoms with Gasteiger partial charge in [-0.3, -0.25) is 4.98 Å². The van der Waals surface area contributed by atoms with Gasteiger partial charge in [0.2, 0.25) is 0 Å². The molecule has 2 heterocycles. The molecule has 0 saturated heterocycles. The molecule has 3 aromatic rings. The van der Waals surface area contributed by atoms with E-state index in [0.29, 0.717) is 0 Å². The van der Waals surface area contributed by atoms with Crippen molar-refractivity contribution in [3.63, 3.8) is 0 Å². The van der Waals surface area contributed by atoms with E-state index >= 15 is 0 Å². The van der Waals surface area contributed by atoms with Crippen molar-refractivity contribution in [3.8, 4) is 22.6 Å². The minimum atomic E-state index is 0.747. The smallest absolute Gasteiger partial charge is 0.160 e. The van der Waals surface area contributed by atoms with Crippen LogP contribution in [0.15, 0.2) is 55.0 Å². The third-order valence-corrected chi connectivity index (χ3v) is 5.86. The molecule has 0 amide bonds. The molecule has 0 spiro atoms. The van der Waals surface area contributed by atoms with Crippen LogP contribution < -0.4 is 0 Å². The van der Waals surface area contributed by atoms with Crippen LogP contribution in [0.1, 0.15) is 82.8 Å². The highest BCUT2D eigenvalue weighted by Gasteiger charge is 2.05. The molecule has 3 heteroatoms. The van der Waals surface area contributed by atoms with Gasteiger partial charge in [-0.15, -0.1) is 0 Å². The molecule has 0 bridgehead atoms. The number of nitrogens with zero attached hydrogens (tertiary/aromatic N) is 3. The number of unbranched alkanes of at least 4 members (excludes halogenated alkanes) is 7. The van der Waals surface area contributed by atoms with E-state index in [1.165, 1.54) is 68.9 Å². The molecular weight excluding hydrogens is 378 g/mol. The van der Waals surface area contributed by atoms with E-state index in [9.17, 15) is 0 Å². The fraction of sp³-hybridized carbons (Fsp3) is 0.464. The topological polar surface area (TPSA) is 38.7 Å². The first kappa shape index (κ1) is 23.1. The van der Waals surface area contributed by atoms with Crippen molar-refractivity contribution in [2.45, 2.75) is 84.5 Å². The predicted octanol–water partition coefficient (Wildman–Crippen LogP) is 7.84. The maximum absolute atomic E-state index is 4.66. The molecule has 164 valence electrons. The Morgan fingerprint density at radius 2 is 1.10 bits per heavy atom. The number of rotatable bonds is 13. The molecule has 0 aliphatic heterocycles. The molecule has 0 atom stereocenters. The van der Waals surface area contributed by atoms with E-state index in [0.717, 1.165) is 35.5 Å². The Morgan fingerprint density at radius 1 is 0.516 bits per heavy atom. The van der Waals surface area contributed by atoms with E-state index in [4.69, 9.17) is 0 Å². The lowest BCUT2D eigenvalue weighted by Gasteiger charge is -2.06. The zero-order valence-corrected chi connectivity index (χ0v) is 19.3. The summed E-state index contributed by atoms with van der Waals surface area (Å²) in [6, 6.07) is 12.9. The van der Waals surface area contributed by atoms with Crippen molar-refractivity contribution < 1.29 is 0 Å². The van der Waals surface area contributed by atoms with Gasteiger partial charge < -0.3 is 0 Å². The second-order valence-corrected chi connectivity index (χ2v) is 8.52. The van der Waals surface area contributed by atoms with Crippen LogP contribution in [0.25, 0.3) is 22.6 Å². The molecule has 1 aromatic carbocycles. The van der Waals surface area contributed by atoms with E-state index in [1.807, 2.05) is 18.6 Å². The van der Waals surface area contributed by atoms with Gasteiger partial charge in [-0.05, 0) is 48.9 Å². The van der Waals surface area contributed by atoms with Gasteiger partial charge in [0.15, 0.2) is 5.82 Å². The first-order chi connectivity index (χ1) is 15.3. The summed E-state index contributed by atoms with van der Waals surface area (Å²) < 4.78 is 0. The highest BCUT2D eigenvalue weighted by Crippen LogP contribution is 2.21. The molecule has 0 radical (unpaired) electrons. The Balaban J connectivity index is 1.52. The maximum Gasteiger partial charge on any atom is 0.160 e. The summed E-state index contributed by atoms with van der Waals surface area (Å²) in [7, 11) is 0. The van der Waals surface area contributed by atoms with Crippen LogP contribution in [-0.4, -0.2) is 15.0 Å². The summed E-state index contributed by atoms with van der Waals surface area (Å²) in [5.74, 6) is 0.747. The molecule has 0 aliphatic carbocycles. The second kappa shape index (κ2) is 13.0. The van der Waals surface area contributed by atoms with E-state index in [-0.39, 0.29) is 0 Å². The van der Waals surface area contributed by atoms with E-state index in [2.05, 4.69) is 65.2 Å². The van der Waals surface area contributed by atoms with Gasteiger partial charge in [0.05, 0.1) is 5.69 Å². The summed E-state index contributed by atoms with van der Waals surface area (Å²) in [5.41, 5.74) is 5.74. The lowest BCUT2D eigenvalue weighted by molar-refractivity contribution is 0.607. The first-order valence-electron chi connectivity index (χ1n) is 12.2. The standard InChI is InChI=1S/C28H37N3/c1-3-5-7-8-9-11-13-24-20-30-28(31-21-24)26-18-19-27(29-22-26)25-16-14-23(15-17-25)12-10-6-4-2/h14-22H,3-13H2,1-2H3. The molecule has 0 aliphatic rings. The van der Waals surface area contributed by atoms with Crippen LogP contribution in [0.4, 0.5) is 0 Å². The minimum absolute atomic E-state index is 0.747. The van der Waals surface area contributed by atoms with Gasteiger partial charge >= 0.3 is 0 Å². The van der Waals surface area contributed by atoms with Crippen molar-refractivity contribution in [3.05, 3.63) is 66.1 Å². The third kappa shape index (κ3) is 7.57. The van der Waals surface area contributed by atoms with Gasteiger partial charge in [-0.2, -0.15) is 0 Å². The van der Waals surface area contributed by atoms with Gasteiger partial charge in [0.1, 0.15) is 0 Å². The SMILES string of the molecule is CCCCCCCCc1cnc(-c2ccc(-c3ccc(CCCCC)cc3)nc2)nc1. The van der Waals surface area contributed by atoms with Crippen LogP contribution in [-0.2, 0) is 12.8 Å². The Morgan fingerprint density at radius 3 is 1.77 bits per heavy atom. The average molecular weight is 416 g/mol. The molecule has 0 unspecified atom stereocenters. The summed E-state index contributed by atoms with van der Waals surface area (Å²) in [4.78, 5) is 13.8. The zero-order valence-electron chi connectivity index (χ0n) is 19.3. The molecular formula is C28H37N3. The largest absolute Gasteiger partial charge is 0.255 e. The van der Waals surface area contributed by atoms with E-state index in [1.54, 1.807) is 0 Å². The fourth-order valence-electron chi connectivity index (χ4n) is 3.86. The number of benzene rings is 1. The molecule has 2 aromatic heterocycles. The summed E-state index contributed by atoms with van der Waals surface area (Å²) in [6.45, 7) is 4.50. The Labute approximate surface area is 188 Å². The second-order valence-electron chi connectivity index (χ2n) is 8.52. The fourth-order valence-corrected chi connectivity index (χ4v) is 3.86. The summed E-state index contributed by atoms with van der Waals surface area (Å²) in [5, 5.41) is 0. The zero-order chi connectivity index (χ0) is 21.7. The predicted molar refractivity (Wildman–Crippen MR) is 131 cm³/mol. The Kier molecular flexibility index (Phi) is 9.69. The summed E-state index contributed by atoms with van der Waals surface area (Å²) >= 11 is 0. The van der Waals surface area contributed by atoms with Crippen molar-refractivity contribution in [1.82, 2.24) is 15.0 Å². The lowest BCUT2D eigenvalue weighted by Crippen LogP contribution is -1.94. The maximum atomic E-state index is 4.66. The van der Waals surface area contributed by atoms with Crippen LogP contribution in [0.3, 0.4) is 0 Å². The quantitative estimate of drug-likeness (QED) is 0.267. The Hall–Kier alpha value is -2.55. The number of hydrogen-bond donors (Lipinski definition) is 0.